The summed E-state index contributed by atoms with van der Waals surface area (Å²) < 4.78 is 0. The normalized spacial score (nSPS) is 23.6. The lowest BCUT2D eigenvalue weighted by Crippen LogP contribution is -2.02. The SMILES string of the molecule is CC1CC=CC2=C1Cc1ccccc12. The zero-order chi connectivity index (χ0) is 9.54. The second-order valence-electron chi connectivity index (χ2n) is 4.31. The molecule has 0 nitrogen and oxygen atoms in total. The van der Waals surface area contributed by atoms with E-state index in [9.17, 15) is 0 Å². The molecule has 0 spiro atoms. The lowest BCUT2D eigenvalue weighted by Gasteiger charge is -2.16. The van der Waals surface area contributed by atoms with Gasteiger partial charge in [-0.3, -0.25) is 0 Å². The van der Waals surface area contributed by atoms with E-state index >= 15 is 0 Å². The number of hydrogen-bond donors (Lipinski definition) is 0. The van der Waals surface area contributed by atoms with E-state index in [1.165, 1.54) is 29.5 Å². The molecule has 1 aromatic rings. The molecule has 0 saturated heterocycles. The third-order valence-corrected chi connectivity index (χ3v) is 3.40. The van der Waals surface area contributed by atoms with Gasteiger partial charge in [-0.1, -0.05) is 48.9 Å². The van der Waals surface area contributed by atoms with Gasteiger partial charge in [-0.25, -0.2) is 0 Å². The summed E-state index contributed by atoms with van der Waals surface area (Å²) in [5.74, 6) is 0.738. The number of benzene rings is 1. The summed E-state index contributed by atoms with van der Waals surface area (Å²) in [6, 6.07) is 8.79. The van der Waals surface area contributed by atoms with Crippen molar-refractivity contribution in [1.82, 2.24) is 0 Å². The van der Waals surface area contributed by atoms with E-state index in [0.717, 1.165) is 5.92 Å². The van der Waals surface area contributed by atoms with Gasteiger partial charge in [-0.05, 0) is 35.5 Å². The highest BCUT2D eigenvalue weighted by Crippen LogP contribution is 2.40. The maximum absolute atomic E-state index is 2.34. The molecule has 0 amide bonds. The van der Waals surface area contributed by atoms with Crippen molar-refractivity contribution >= 4 is 5.57 Å². The largest absolute Gasteiger partial charge is 0.0833 e. The van der Waals surface area contributed by atoms with E-state index < -0.39 is 0 Å². The Kier molecular flexibility index (Phi) is 1.63. The van der Waals surface area contributed by atoms with Crippen molar-refractivity contribution in [1.29, 1.82) is 0 Å². The first-order chi connectivity index (χ1) is 6.86. The van der Waals surface area contributed by atoms with Gasteiger partial charge >= 0.3 is 0 Å². The van der Waals surface area contributed by atoms with Crippen molar-refractivity contribution < 1.29 is 0 Å². The van der Waals surface area contributed by atoms with Gasteiger partial charge < -0.3 is 0 Å². The Morgan fingerprint density at radius 2 is 2.07 bits per heavy atom. The Bertz CT molecular complexity index is 435. The lowest BCUT2D eigenvalue weighted by molar-refractivity contribution is 0.677. The van der Waals surface area contributed by atoms with Crippen LogP contribution in [0.4, 0.5) is 0 Å². The Morgan fingerprint density at radius 1 is 1.21 bits per heavy atom. The quantitative estimate of drug-likeness (QED) is 0.575. The Balaban J connectivity index is 2.17. The van der Waals surface area contributed by atoms with Gasteiger partial charge in [0.05, 0.1) is 0 Å². The van der Waals surface area contributed by atoms with Crippen molar-refractivity contribution in [2.75, 3.05) is 0 Å². The van der Waals surface area contributed by atoms with E-state index in [1.54, 1.807) is 5.57 Å². The maximum Gasteiger partial charge on any atom is -0.00489 e. The van der Waals surface area contributed by atoms with Gasteiger partial charge in [0.2, 0.25) is 0 Å². The Labute approximate surface area is 85.0 Å². The van der Waals surface area contributed by atoms with Gasteiger partial charge in [0, 0.05) is 0 Å². The van der Waals surface area contributed by atoms with Crippen molar-refractivity contribution in [2.45, 2.75) is 19.8 Å². The van der Waals surface area contributed by atoms with Crippen LogP contribution in [0, 0.1) is 5.92 Å². The lowest BCUT2D eigenvalue weighted by atomic mass is 9.89. The molecular weight excluding hydrogens is 168 g/mol. The first-order valence-electron chi connectivity index (χ1n) is 5.34. The van der Waals surface area contributed by atoms with Crippen LogP contribution < -0.4 is 0 Å². The van der Waals surface area contributed by atoms with Crippen LogP contribution in [-0.4, -0.2) is 0 Å². The van der Waals surface area contributed by atoms with Crippen LogP contribution in [0.25, 0.3) is 5.57 Å². The van der Waals surface area contributed by atoms with Crippen LogP contribution in [0.5, 0.6) is 0 Å². The third kappa shape index (κ3) is 1.00. The summed E-state index contributed by atoms with van der Waals surface area (Å²) in [4.78, 5) is 0. The third-order valence-electron chi connectivity index (χ3n) is 3.40. The highest BCUT2D eigenvalue weighted by Gasteiger charge is 2.24. The van der Waals surface area contributed by atoms with Crippen molar-refractivity contribution in [3.05, 3.63) is 53.1 Å². The van der Waals surface area contributed by atoms with Crippen molar-refractivity contribution in [3.8, 4) is 0 Å². The molecule has 0 radical (unpaired) electrons. The molecule has 2 aliphatic rings. The summed E-state index contributed by atoms with van der Waals surface area (Å²) in [6.45, 7) is 2.34. The molecule has 0 saturated carbocycles. The summed E-state index contributed by atoms with van der Waals surface area (Å²) in [5, 5.41) is 0. The molecule has 1 aromatic carbocycles. The molecule has 3 rings (SSSR count). The standard InChI is InChI=1S/C14H14/c1-10-5-4-8-13-12-7-3-2-6-11(12)9-14(10)13/h2-4,6-8,10H,5,9H2,1H3. The van der Waals surface area contributed by atoms with Crippen molar-refractivity contribution in [2.24, 2.45) is 5.92 Å². The zero-order valence-electron chi connectivity index (χ0n) is 8.46. The highest BCUT2D eigenvalue weighted by atomic mass is 14.3. The van der Waals surface area contributed by atoms with Crippen LogP contribution in [0.1, 0.15) is 24.5 Å². The second-order valence-corrected chi connectivity index (χ2v) is 4.31. The maximum atomic E-state index is 2.34. The molecule has 2 aliphatic carbocycles. The number of fused-ring (bicyclic) bond motifs is 2. The molecule has 0 bridgehead atoms. The molecule has 0 heterocycles. The first kappa shape index (κ1) is 8.05. The van der Waals surface area contributed by atoms with E-state index in [4.69, 9.17) is 0 Å². The second kappa shape index (κ2) is 2.84. The summed E-state index contributed by atoms with van der Waals surface area (Å²) in [5.41, 5.74) is 6.12. The predicted octanol–water partition coefficient (Wildman–Crippen LogP) is 3.59. The van der Waals surface area contributed by atoms with Crippen LogP contribution in [-0.2, 0) is 6.42 Å². The fourth-order valence-electron chi connectivity index (χ4n) is 2.58. The van der Waals surface area contributed by atoms with Crippen LogP contribution in [0.3, 0.4) is 0 Å². The fraction of sp³-hybridized carbons (Fsp3) is 0.286. The number of allylic oxidation sites excluding steroid dienone is 4. The van der Waals surface area contributed by atoms with Gasteiger partial charge in [-0.15, -0.1) is 0 Å². The van der Waals surface area contributed by atoms with Gasteiger partial charge in [-0.2, -0.15) is 0 Å². The Morgan fingerprint density at radius 3 is 3.00 bits per heavy atom. The molecular formula is C14H14. The summed E-state index contributed by atoms with van der Waals surface area (Å²) >= 11 is 0. The predicted molar refractivity (Wildman–Crippen MR) is 60.0 cm³/mol. The Hall–Kier alpha value is -1.30. The average molecular weight is 182 g/mol. The average Bonchev–Trinajstić information content (AvgIpc) is 2.59. The minimum atomic E-state index is 0.738. The van der Waals surface area contributed by atoms with E-state index in [1.807, 2.05) is 0 Å². The smallest absolute Gasteiger partial charge is 0.00489 e. The molecule has 0 aromatic heterocycles. The molecule has 1 atom stereocenters. The van der Waals surface area contributed by atoms with E-state index in [2.05, 4.69) is 43.3 Å². The molecule has 70 valence electrons. The fourth-order valence-corrected chi connectivity index (χ4v) is 2.58. The molecule has 1 unspecified atom stereocenters. The van der Waals surface area contributed by atoms with Gasteiger partial charge in [0.25, 0.3) is 0 Å². The highest BCUT2D eigenvalue weighted by molar-refractivity contribution is 5.83. The molecule has 0 aliphatic heterocycles. The molecule has 0 fully saturated rings. The molecule has 14 heavy (non-hydrogen) atoms. The van der Waals surface area contributed by atoms with Crippen LogP contribution in [0.2, 0.25) is 0 Å². The first-order valence-corrected chi connectivity index (χ1v) is 5.34. The topological polar surface area (TPSA) is 0 Å². The minimum absolute atomic E-state index is 0.738. The van der Waals surface area contributed by atoms with Crippen LogP contribution in [0.15, 0.2) is 42.0 Å². The van der Waals surface area contributed by atoms with Crippen LogP contribution >= 0.6 is 0 Å². The van der Waals surface area contributed by atoms with E-state index in [-0.39, 0.29) is 0 Å². The summed E-state index contributed by atoms with van der Waals surface area (Å²) in [7, 11) is 0. The summed E-state index contributed by atoms with van der Waals surface area (Å²) in [6.07, 6.45) is 7.01. The van der Waals surface area contributed by atoms with E-state index in [0.29, 0.717) is 0 Å². The zero-order valence-corrected chi connectivity index (χ0v) is 8.46. The monoisotopic (exact) mass is 182 g/mol. The van der Waals surface area contributed by atoms with Gasteiger partial charge in [0.1, 0.15) is 0 Å². The number of rotatable bonds is 0. The van der Waals surface area contributed by atoms with Crippen molar-refractivity contribution in [3.63, 3.8) is 0 Å². The minimum Gasteiger partial charge on any atom is -0.0833 e. The molecule has 0 N–H and O–H groups in total. The van der Waals surface area contributed by atoms with Gasteiger partial charge in [0.15, 0.2) is 0 Å². The molecule has 0 heteroatoms. The number of hydrogen-bond acceptors (Lipinski definition) is 0.